The molecule has 0 aliphatic carbocycles. The lowest BCUT2D eigenvalue weighted by Crippen LogP contribution is -2.06. The molecular weight excluding hydrogens is 244 g/mol. The number of rotatable bonds is 2. The predicted molar refractivity (Wildman–Crippen MR) is 57.6 cm³/mol. The first-order chi connectivity index (χ1) is 6.66. The summed E-state index contributed by atoms with van der Waals surface area (Å²) >= 11 is 3.53. The van der Waals surface area contributed by atoms with Gasteiger partial charge >= 0.3 is 0 Å². The first kappa shape index (κ1) is 9.58. The van der Waals surface area contributed by atoms with Gasteiger partial charge in [-0.1, -0.05) is 22.9 Å². The van der Waals surface area contributed by atoms with E-state index in [4.69, 9.17) is 0 Å². The minimum Gasteiger partial charge on any atom is -0.216 e. The maximum atomic E-state index is 4.28. The van der Waals surface area contributed by atoms with E-state index < -0.39 is 0 Å². The zero-order valence-corrected chi connectivity index (χ0v) is 9.69. The molecular formula is C9H11BrN4. The van der Waals surface area contributed by atoms with E-state index in [1.165, 1.54) is 6.33 Å². The van der Waals surface area contributed by atoms with Gasteiger partial charge in [-0.05, 0) is 13.0 Å². The normalized spacial score (nSPS) is 13.4. The Morgan fingerprint density at radius 3 is 3.07 bits per heavy atom. The molecule has 0 saturated heterocycles. The van der Waals surface area contributed by atoms with Gasteiger partial charge in [-0.25, -0.2) is 9.50 Å². The smallest absolute Gasteiger partial charge is 0.216 e. The number of alkyl halides is 1. The molecule has 2 rings (SSSR count). The van der Waals surface area contributed by atoms with Crippen LogP contribution in [0.3, 0.4) is 0 Å². The van der Waals surface area contributed by atoms with E-state index in [0.29, 0.717) is 10.6 Å². The summed E-state index contributed by atoms with van der Waals surface area (Å²) in [5.74, 6) is 0.674. The van der Waals surface area contributed by atoms with Crippen LogP contribution in [0.5, 0.6) is 0 Å². The fourth-order valence-corrected chi connectivity index (χ4v) is 1.77. The van der Waals surface area contributed by atoms with Crippen LogP contribution in [0.2, 0.25) is 0 Å². The third kappa shape index (κ3) is 1.77. The summed E-state index contributed by atoms with van der Waals surface area (Å²) < 4.78 is 1.78. The van der Waals surface area contributed by atoms with Crippen LogP contribution < -0.4 is 0 Å². The first-order valence-electron chi connectivity index (χ1n) is 4.47. The molecule has 0 fully saturated rings. The van der Waals surface area contributed by atoms with Gasteiger partial charge < -0.3 is 0 Å². The molecule has 14 heavy (non-hydrogen) atoms. The van der Waals surface area contributed by atoms with Gasteiger partial charge in [0, 0.05) is 22.6 Å². The number of aromatic nitrogens is 4. The van der Waals surface area contributed by atoms with E-state index in [-0.39, 0.29) is 0 Å². The van der Waals surface area contributed by atoms with Crippen LogP contribution in [-0.2, 0) is 6.42 Å². The van der Waals surface area contributed by atoms with Gasteiger partial charge in [0.15, 0.2) is 0 Å². The molecule has 0 amide bonds. The van der Waals surface area contributed by atoms with Crippen molar-refractivity contribution in [2.24, 2.45) is 0 Å². The Hall–Kier alpha value is -0.970. The van der Waals surface area contributed by atoms with Crippen molar-refractivity contribution in [3.8, 4) is 0 Å². The summed E-state index contributed by atoms with van der Waals surface area (Å²) in [5.41, 5.74) is 2.11. The number of hydrogen-bond donors (Lipinski definition) is 0. The van der Waals surface area contributed by atoms with Crippen molar-refractivity contribution in [1.29, 1.82) is 0 Å². The van der Waals surface area contributed by atoms with E-state index in [1.807, 2.05) is 13.0 Å². The van der Waals surface area contributed by atoms with Crippen molar-refractivity contribution in [2.45, 2.75) is 25.1 Å². The Morgan fingerprint density at radius 2 is 2.36 bits per heavy atom. The molecule has 2 aromatic rings. The second kappa shape index (κ2) is 3.65. The second-order valence-electron chi connectivity index (χ2n) is 3.35. The Morgan fingerprint density at radius 1 is 1.57 bits per heavy atom. The van der Waals surface area contributed by atoms with E-state index in [0.717, 1.165) is 17.8 Å². The van der Waals surface area contributed by atoms with Crippen LogP contribution in [-0.4, -0.2) is 24.4 Å². The van der Waals surface area contributed by atoms with E-state index in [9.17, 15) is 0 Å². The maximum absolute atomic E-state index is 4.28. The Labute approximate surface area is 90.5 Å². The molecule has 0 radical (unpaired) electrons. The van der Waals surface area contributed by atoms with Gasteiger partial charge in [-0.15, -0.1) is 0 Å². The van der Waals surface area contributed by atoms with Crippen molar-refractivity contribution in [3.05, 3.63) is 23.8 Å². The van der Waals surface area contributed by atoms with Crippen molar-refractivity contribution >= 4 is 21.7 Å². The van der Waals surface area contributed by atoms with Crippen molar-refractivity contribution in [3.63, 3.8) is 0 Å². The molecule has 5 heteroatoms. The Balaban J connectivity index is 2.55. The fourth-order valence-electron chi connectivity index (χ4n) is 1.44. The summed E-state index contributed by atoms with van der Waals surface area (Å²) in [4.78, 5) is 8.78. The Bertz CT molecular complexity index is 449. The lowest BCUT2D eigenvalue weighted by atomic mass is 10.2. The van der Waals surface area contributed by atoms with Gasteiger partial charge in [0.05, 0.1) is 0 Å². The minimum absolute atomic E-state index is 0.427. The highest BCUT2D eigenvalue weighted by atomic mass is 79.9. The lowest BCUT2D eigenvalue weighted by molar-refractivity contribution is 0.805. The second-order valence-corrected chi connectivity index (χ2v) is 4.91. The molecule has 2 aromatic heterocycles. The summed E-state index contributed by atoms with van der Waals surface area (Å²) in [5, 5.41) is 4.14. The molecule has 74 valence electrons. The average Bonchev–Trinajstić information content (AvgIpc) is 2.50. The van der Waals surface area contributed by atoms with Crippen molar-refractivity contribution < 1.29 is 0 Å². The number of aryl methyl sites for hydroxylation is 1. The monoisotopic (exact) mass is 254 g/mol. The summed E-state index contributed by atoms with van der Waals surface area (Å²) in [6.07, 6.45) is 2.45. The minimum atomic E-state index is 0.427. The molecule has 1 atom stereocenters. The lowest BCUT2D eigenvalue weighted by Gasteiger charge is -2.06. The number of halogens is 1. The third-order valence-electron chi connectivity index (χ3n) is 1.94. The van der Waals surface area contributed by atoms with Gasteiger partial charge in [-0.3, -0.25) is 0 Å². The standard InChI is InChI=1S/C9H11BrN4/c1-6(10)3-8-4-7(2)13-9-11-5-12-14(8)9/h4-6H,3H2,1-2H3. The van der Waals surface area contributed by atoms with Gasteiger partial charge in [-0.2, -0.15) is 10.1 Å². The maximum Gasteiger partial charge on any atom is 0.252 e. The SMILES string of the molecule is Cc1cc(CC(C)Br)n2ncnc2n1. The Kier molecular flexibility index (Phi) is 2.50. The van der Waals surface area contributed by atoms with Crippen LogP contribution in [0.25, 0.3) is 5.78 Å². The van der Waals surface area contributed by atoms with E-state index >= 15 is 0 Å². The topological polar surface area (TPSA) is 43.1 Å². The molecule has 0 bridgehead atoms. The zero-order chi connectivity index (χ0) is 10.1. The average molecular weight is 255 g/mol. The molecule has 0 aliphatic rings. The van der Waals surface area contributed by atoms with Gasteiger partial charge in [0.1, 0.15) is 6.33 Å². The molecule has 0 aromatic carbocycles. The summed E-state index contributed by atoms with van der Waals surface area (Å²) in [7, 11) is 0. The number of nitrogens with zero attached hydrogens (tertiary/aromatic N) is 4. The summed E-state index contributed by atoms with van der Waals surface area (Å²) in [6.45, 7) is 4.08. The van der Waals surface area contributed by atoms with Crippen LogP contribution in [0.15, 0.2) is 12.4 Å². The predicted octanol–water partition coefficient (Wildman–Crippen LogP) is 1.76. The molecule has 4 nitrogen and oxygen atoms in total. The molecule has 1 unspecified atom stereocenters. The largest absolute Gasteiger partial charge is 0.252 e. The molecule has 0 saturated carbocycles. The van der Waals surface area contributed by atoms with Crippen LogP contribution in [0.1, 0.15) is 18.3 Å². The molecule has 0 spiro atoms. The van der Waals surface area contributed by atoms with Gasteiger partial charge in [0.25, 0.3) is 5.78 Å². The van der Waals surface area contributed by atoms with Gasteiger partial charge in [0.2, 0.25) is 0 Å². The number of fused-ring (bicyclic) bond motifs is 1. The highest BCUT2D eigenvalue weighted by Crippen LogP contribution is 2.10. The molecule has 0 N–H and O–H groups in total. The zero-order valence-electron chi connectivity index (χ0n) is 8.11. The highest BCUT2D eigenvalue weighted by Gasteiger charge is 2.07. The van der Waals surface area contributed by atoms with E-state index in [1.54, 1.807) is 4.52 Å². The molecule has 0 aliphatic heterocycles. The van der Waals surface area contributed by atoms with E-state index in [2.05, 4.69) is 37.9 Å². The number of hydrogen-bond acceptors (Lipinski definition) is 3. The van der Waals surface area contributed by atoms with Crippen molar-refractivity contribution in [2.75, 3.05) is 0 Å². The quantitative estimate of drug-likeness (QED) is 0.768. The van der Waals surface area contributed by atoms with Crippen LogP contribution in [0.4, 0.5) is 0 Å². The molecule has 2 heterocycles. The first-order valence-corrected chi connectivity index (χ1v) is 5.38. The van der Waals surface area contributed by atoms with Crippen LogP contribution >= 0.6 is 15.9 Å². The van der Waals surface area contributed by atoms with Crippen molar-refractivity contribution in [1.82, 2.24) is 19.6 Å². The summed E-state index contributed by atoms with van der Waals surface area (Å²) in [6, 6.07) is 2.04. The fraction of sp³-hybridized carbons (Fsp3) is 0.444. The highest BCUT2D eigenvalue weighted by molar-refractivity contribution is 9.09. The third-order valence-corrected chi connectivity index (χ3v) is 2.27. The van der Waals surface area contributed by atoms with Crippen LogP contribution in [0, 0.1) is 6.92 Å².